The van der Waals surface area contributed by atoms with Gasteiger partial charge >= 0.3 is 11.9 Å². The van der Waals surface area contributed by atoms with Gasteiger partial charge in [0.1, 0.15) is 0 Å². The lowest BCUT2D eigenvalue weighted by Crippen LogP contribution is -1.97. The second-order valence-electron chi connectivity index (χ2n) is 4.90. The second-order valence-corrected chi connectivity index (χ2v) is 4.90. The molecule has 0 saturated heterocycles. The van der Waals surface area contributed by atoms with Crippen molar-refractivity contribution >= 4 is 11.9 Å². The smallest absolute Gasteiger partial charge is 0.303 e. The number of hydrogen-bond donors (Lipinski definition) is 3. The molecule has 0 aliphatic heterocycles. The summed E-state index contributed by atoms with van der Waals surface area (Å²) in [4.78, 5) is 19.8. The molecule has 0 aliphatic carbocycles. The highest BCUT2D eigenvalue weighted by Crippen LogP contribution is 2.05. The largest absolute Gasteiger partial charge is 0.481 e. The van der Waals surface area contributed by atoms with Crippen LogP contribution in [-0.2, 0) is 9.59 Å². The first-order valence-corrected chi connectivity index (χ1v) is 7.68. The number of rotatable bonds is 12. The average molecular weight is 289 g/mol. The van der Waals surface area contributed by atoms with Crippen LogP contribution in [0.2, 0.25) is 0 Å². The molecule has 0 aliphatic rings. The van der Waals surface area contributed by atoms with Crippen LogP contribution in [0.4, 0.5) is 0 Å². The lowest BCUT2D eigenvalue weighted by molar-refractivity contribution is -0.139. The van der Waals surface area contributed by atoms with Crippen LogP contribution in [-0.4, -0.2) is 28.7 Å². The van der Waals surface area contributed by atoms with E-state index in [-0.39, 0.29) is 12.8 Å². The number of aliphatic carboxylic acids is 2. The summed E-state index contributed by atoms with van der Waals surface area (Å²) in [5.41, 5.74) is 5.37. The minimum absolute atomic E-state index is 0.0628. The Labute approximate surface area is 122 Å². The van der Waals surface area contributed by atoms with E-state index in [9.17, 15) is 9.59 Å². The first-order chi connectivity index (χ1) is 9.54. The van der Waals surface area contributed by atoms with Crippen LogP contribution < -0.4 is 5.73 Å². The number of hydrogen-bond acceptors (Lipinski definition) is 3. The van der Waals surface area contributed by atoms with E-state index in [1.165, 1.54) is 44.9 Å². The van der Waals surface area contributed by atoms with Crippen molar-refractivity contribution in [3.63, 3.8) is 0 Å². The molecular formula is C15H31NO4. The van der Waals surface area contributed by atoms with Crippen LogP contribution in [0.5, 0.6) is 0 Å². The van der Waals surface area contributed by atoms with Gasteiger partial charge in [-0.3, -0.25) is 9.59 Å². The maximum Gasteiger partial charge on any atom is 0.303 e. The van der Waals surface area contributed by atoms with Crippen molar-refractivity contribution < 1.29 is 19.8 Å². The highest BCUT2D eigenvalue weighted by atomic mass is 16.4. The van der Waals surface area contributed by atoms with Crippen molar-refractivity contribution in [2.75, 3.05) is 6.54 Å². The Balaban J connectivity index is 0. The van der Waals surface area contributed by atoms with Crippen molar-refractivity contribution in [2.45, 2.75) is 77.6 Å². The molecule has 0 heterocycles. The third-order valence-corrected chi connectivity index (χ3v) is 2.84. The van der Waals surface area contributed by atoms with Gasteiger partial charge < -0.3 is 15.9 Å². The van der Waals surface area contributed by atoms with Gasteiger partial charge in [-0.1, -0.05) is 45.4 Å². The molecule has 5 heteroatoms. The van der Waals surface area contributed by atoms with Crippen LogP contribution in [0.25, 0.3) is 0 Å². The molecule has 5 nitrogen and oxygen atoms in total. The number of carbonyl (C=O) groups is 2. The van der Waals surface area contributed by atoms with Crippen LogP contribution in [0.1, 0.15) is 77.6 Å². The van der Waals surface area contributed by atoms with Gasteiger partial charge in [0.25, 0.3) is 0 Å². The third kappa shape index (κ3) is 25.7. The average Bonchev–Trinajstić information content (AvgIpc) is 2.39. The van der Waals surface area contributed by atoms with Gasteiger partial charge in [0.05, 0.1) is 0 Å². The predicted octanol–water partition coefficient (Wildman–Crippen LogP) is 3.41. The molecule has 0 radical (unpaired) electrons. The van der Waals surface area contributed by atoms with Crippen molar-refractivity contribution in [1.29, 1.82) is 0 Å². The highest BCUT2D eigenvalue weighted by molar-refractivity contribution is 5.67. The summed E-state index contributed by atoms with van der Waals surface area (Å²) in [5, 5.41) is 16.3. The van der Waals surface area contributed by atoms with Crippen molar-refractivity contribution in [3.8, 4) is 0 Å². The zero-order valence-corrected chi connectivity index (χ0v) is 12.8. The van der Waals surface area contributed by atoms with E-state index in [0.717, 1.165) is 6.54 Å². The molecule has 0 amide bonds. The second kappa shape index (κ2) is 17.9. The minimum atomic E-state index is -0.870. The first kappa shape index (κ1) is 21.2. The van der Waals surface area contributed by atoms with E-state index >= 15 is 0 Å². The number of unbranched alkanes of at least 4 members (excludes halogenated alkanes) is 7. The fourth-order valence-electron chi connectivity index (χ4n) is 1.65. The quantitative estimate of drug-likeness (QED) is 0.478. The molecule has 0 saturated carbocycles. The molecule has 20 heavy (non-hydrogen) atoms. The lowest BCUT2D eigenvalue weighted by Gasteiger charge is -1.97. The highest BCUT2D eigenvalue weighted by Gasteiger charge is 1.99. The Morgan fingerprint density at radius 2 is 1.15 bits per heavy atom. The summed E-state index contributed by atoms with van der Waals surface area (Å²) in [6, 6.07) is 0. The molecule has 0 aromatic rings. The van der Waals surface area contributed by atoms with E-state index in [0.29, 0.717) is 12.8 Å². The number of carboxylic acid groups (broad SMARTS) is 2. The topological polar surface area (TPSA) is 101 Å². The van der Waals surface area contributed by atoms with Gasteiger partial charge in [0.15, 0.2) is 0 Å². The molecule has 0 fully saturated rings. The van der Waals surface area contributed by atoms with E-state index in [1.54, 1.807) is 0 Å². The molecule has 0 atom stereocenters. The van der Waals surface area contributed by atoms with Crippen LogP contribution >= 0.6 is 0 Å². The Bertz CT molecular complexity index is 208. The summed E-state index contributed by atoms with van der Waals surface area (Å²) in [7, 11) is 0. The molecule has 0 aromatic heterocycles. The van der Waals surface area contributed by atoms with Gasteiger partial charge in [-0.15, -0.1) is 0 Å². The molecule has 120 valence electrons. The normalized spacial score (nSPS) is 9.70. The summed E-state index contributed by atoms with van der Waals surface area (Å²) in [6.45, 7) is 3.12. The Morgan fingerprint density at radius 3 is 1.50 bits per heavy atom. The molecule has 0 rings (SSSR count). The lowest BCUT2D eigenvalue weighted by atomic mass is 10.1. The fraction of sp³-hybridized carbons (Fsp3) is 0.867. The zero-order chi connectivity index (χ0) is 15.6. The monoisotopic (exact) mass is 289 g/mol. The zero-order valence-electron chi connectivity index (χ0n) is 12.8. The molecule has 0 bridgehead atoms. The van der Waals surface area contributed by atoms with Crippen molar-refractivity contribution in [2.24, 2.45) is 5.73 Å². The maximum absolute atomic E-state index is 9.90. The fourth-order valence-corrected chi connectivity index (χ4v) is 1.65. The van der Waals surface area contributed by atoms with Crippen LogP contribution in [0.3, 0.4) is 0 Å². The number of nitrogens with two attached hydrogens (primary N) is 1. The number of carboxylic acids is 2. The maximum atomic E-state index is 9.90. The minimum Gasteiger partial charge on any atom is -0.481 e. The predicted molar refractivity (Wildman–Crippen MR) is 80.8 cm³/mol. The van der Waals surface area contributed by atoms with Gasteiger partial charge in [0, 0.05) is 12.8 Å². The molecule has 0 spiro atoms. The van der Waals surface area contributed by atoms with Crippen molar-refractivity contribution in [1.82, 2.24) is 0 Å². The van der Waals surface area contributed by atoms with Gasteiger partial charge in [-0.2, -0.15) is 0 Å². The third-order valence-electron chi connectivity index (χ3n) is 2.84. The molecule has 0 unspecified atom stereocenters. The van der Waals surface area contributed by atoms with Gasteiger partial charge in [0.2, 0.25) is 0 Å². The molecular weight excluding hydrogens is 258 g/mol. The first-order valence-electron chi connectivity index (χ1n) is 7.68. The van der Waals surface area contributed by atoms with Crippen LogP contribution in [0, 0.1) is 0 Å². The van der Waals surface area contributed by atoms with Gasteiger partial charge in [-0.05, 0) is 25.8 Å². The molecule has 0 aromatic carbocycles. The van der Waals surface area contributed by atoms with Gasteiger partial charge in [-0.25, -0.2) is 0 Å². The van der Waals surface area contributed by atoms with E-state index in [2.05, 4.69) is 6.92 Å². The summed E-state index contributed by atoms with van der Waals surface area (Å²) < 4.78 is 0. The SMILES string of the molecule is CCCCCCCCCN.O=C(O)CCCCC(=O)O. The van der Waals surface area contributed by atoms with E-state index in [1.807, 2.05) is 0 Å². The summed E-state index contributed by atoms with van der Waals surface area (Å²) >= 11 is 0. The Hall–Kier alpha value is -1.10. The summed E-state index contributed by atoms with van der Waals surface area (Å²) in [6.07, 6.45) is 10.5. The molecule has 4 N–H and O–H groups in total. The van der Waals surface area contributed by atoms with E-state index < -0.39 is 11.9 Å². The standard InChI is InChI=1S/C9H21N.C6H10O4/c1-2-3-4-5-6-7-8-9-10;7-5(8)3-1-2-4-6(9)10/h2-10H2,1H3;1-4H2,(H,7,8)(H,9,10). The van der Waals surface area contributed by atoms with Crippen molar-refractivity contribution in [3.05, 3.63) is 0 Å². The van der Waals surface area contributed by atoms with Crippen LogP contribution in [0.15, 0.2) is 0 Å². The Morgan fingerprint density at radius 1 is 0.750 bits per heavy atom. The summed E-state index contributed by atoms with van der Waals surface area (Å²) in [5.74, 6) is -1.74. The van der Waals surface area contributed by atoms with E-state index in [4.69, 9.17) is 15.9 Å². The Kier molecular flexibility index (Phi) is 19.0.